The summed E-state index contributed by atoms with van der Waals surface area (Å²) in [6, 6.07) is -0.641. The highest BCUT2D eigenvalue weighted by Gasteiger charge is 2.33. The normalized spacial score (nSPS) is 17.1. The molecule has 2 atom stereocenters. The first-order chi connectivity index (χ1) is 7.54. The van der Waals surface area contributed by atoms with Crippen LogP contribution in [0.4, 0.5) is 0 Å². The molecule has 0 bridgehead atoms. The maximum Gasteiger partial charge on any atom is 0.311 e. The molecule has 17 heavy (non-hydrogen) atoms. The van der Waals surface area contributed by atoms with Gasteiger partial charge >= 0.3 is 5.97 Å². The third-order valence-corrected chi connectivity index (χ3v) is 3.16. The van der Waals surface area contributed by atoms with Crippen LogP contribution in [0.1, 0.15) is 41.0 Å². The van der Waals surface area contributed by atoms with Crippen LogP contribution in [-0.4, -0.2) is 29.6 Å². The monoisotopic (exact) mass is 244 g/mol. The van der Waals surface area contributed by atoms with Crippen LogP contribution in [0.25, 0.3) is 0 Å². The number of hydrogen-bond donors (Lipinski definition) is 3. The zero-order chi connectivity index (χ0) is 13.9. The Morgan fingerprint density at radius 3 is 2.06 bits per heavy atom. The fourth-order valence-electron chi connectivity index (χ4n) is 1.14. The molecule has 2 unspecified atom stereocenters. The number of nitrogens with one attached hydrogen (secondary N) is 1. The molecule has 0 aromatic carbocycles. The number of amides is 1. The minimum atomic E-state index is -0.937. The summed E-state index contributed by atoms with van der Waals surface area (Å²) in [6.07, 6.45) is 0.452. The number of nitrogens with two attached hydrogens (primary N) is 1. The Kier molecular flexibility index (Phi) is 5.13. The van der Waals surface area contributed by atoms with E-state index in [2.05, 4.69) is 5.32 Å². The summed E-state index contributed by atoms with van der Waals surface area (Å²) in [5, 5.41) is 11.7. The molecule has 0 radical (unpaired) electrons. The van der Waals surface area contributed by atoms with E-state index in [4.69, 9.17) is 10.8 Å². The van der Waals surface area contributed by atoms with Gasteiger partial charge in [-0.2, -0.15) is 0 Å². The molecule has 5 nitrogen and oxygen atoms in total. The van der Waals surface area contributed by atoms with E-state index in [1.807, 2.05) is 20.8 Å². The minimum absolute atomic E-state index is 0.0987. The SMILES string of the molecule is CCC(C)(CNC(=O)C(N)C(C)(C)C)C(=O)O. The van der Waals surface area contributed by atoms with Crippen molar-refractivity contribution in [2.75, 3.05) is 6.54 Å². The van der Waals surface area contributed by atoms with Crippen LogP contribution in [0.2, 0.25) is 0 Å². The van der Waals surface area contributed by atoms with Gasteiger partial charge < -0.3 is 16.2 Å². The molecule has 0 aliphatic heterocycles. The van der Waals surface area contributed by atoms with E-state index in [9.17, 15) is 9.59 Å². The molecule has 0 aliphatic carbocycles. The molecule has 0 saturated heterocycles. The smallest absolute Gasteiger partial charge is 0.311 e. The Balaban J connectivity index is 4.48. The summed E-state index contributed by atoms with van der Waals surface area (Å²) in [7, 11) is 0. The molecule has 0 heterocycles. The zero-order valence-electron chi connectivity index (χ0n) is 11.3. The second-order valence-electron chi connectivity index (χ2n) is 5.78. The minimum Gasteiger partial charge on any atom is -0.481 e. The Labute approximate surface area is 103 Å². The summed E-state index contributed by atoms with van der Waals surface area (Å²) >= 11 is 0. The summed E-state index contributed by atoms with van der Waals surface area (Å²) in [4.78, 5) is 22.8. The Morgan fingerprint density at radius 2 is 1.76 bits per heavy atom. The van der Waals surface area contributed by atoms with Crippen molar-refractivity contribution in [3.63, 3.8) is 0 Å². The number of carbonyl (C=O) groups excluding carboxylic acids is 1. The average Bonchev–Trinajstić information content (AvgIpc) is 2.22. The van der Waals surface area contributed by atoms with Gasteiger partial charge in [-0.05, 0) is 18.8 Å². The lowest BCUT2D eigenvalue weighted by Gasteiger charge is -2.28. The standard InChI is InChI=1S/C12H24N2O3/c1-6-12(5,10(16)17)7-14-9(15)8(13)11(2,3)4/h8H,6-7,13H2,1-5H3,(H,14,15)(H,16,17). The van der Waals surface area contributed by atoms with Crippen LogP contribution in [0.5, 0.6) is 0 Å². The molecular weight excluding hydrogens is 220 g/mol. The zero-order valence-corrected chi connectivity index (χ0v) is 11.3. The Hall–Kier alpha value is -1.10. The highest BCUT2D eigenvalue weighted by Crippen LogP contribution is 2.21. The second-order valence-corrected chi connectivity index (χ2v) is 5.78. The third-order valence-electron chi connectivity index (χ3n) is 3.16. The highest BCUT2D eigenvalue weighted by molar-refractivity contribution is 5.83. The van der Waals surface area contributed by atoms with Gasteiger partial charge in [0.05, 0.1) is 11.5 Å². The van der Waals surface area contributed by atoms with Gasteiger partial charge in [0, 0.05) is 6.54 Å². The predicted octanol–water partition coefficient (Wildman–Crippen LogP) is 0.977. The first-order valence-electron chi connectivity index (χ1n) is 5.81. The van der Waals surface area contributed by atoms with Crippen LogP contribution in [-0.2, 0) is 9.59 Å². The van der Waals surface area contributed by atoms with Crippen molar-refractivity contribution >= 4 is 11.9 Å². The summed E-state index contributed by atoms with van der Waals surface area (Å²) < 4.78 is 0. The number of hydrogen-bond acceptors (Lipinski definition) is 3. The first-order valence-corrected chi connectivity index (χ1v) is 5.81. The van der Waals surface area contributed by atoms with Crippen molar-refractivity contribution < 1.29 is 14.7 Å². The summed E-state index contributed by atoms with van der Waals surface area (Å²) in [5.74, 6) is -1.22. The van der Waals surface area contributed by atoms with E-state index < -0.39 is 17.4 Å². The van der Waals surface area contributed by atoms with Gasteiger partial charge in [0.15, 0.2) is 0 Å². The Bertz CT molecular complexity index is 297. The molecular formula is C12H24N2O3. The summed E-state index contributed by atoms with van der Waals surface area (Å²) in [6.45, 7) is 9.10. The van der Waals surface area contributed by atoms with Crippen molar-refractivity contribution in [3.05, 3.63) is 0 Å². The van der Waals surface area contributed by atoms with Crippen LogP contribution in [0.3, 0.4) is 0 Å². The van der Waals surface area contributed by atoms with Gasteiger partial charge in [0.2, 0.25) is 5.91 Å². The van der Waals surface area contributed by atoms with E-state index in [0.717, 1.165) is 0 Å². The second kappa shape index (κ2) is 5.49. The lowest BCUT2D eigenvalue weighted by Crippen LogP contribution is -2.51. The molecule has 0 rings (SSSR count). The van der Waals surface area contributed by atoms with Crippen LogP contribution in [0, 0.1) is 10.8 Å². The van der Waals surface area contributed by atoms with E-state index in [1.54, 1.807) is 13.8 Å². The quantitative estimate of drug-likeness (QED) is 0.672. The van der Waals surface area contributed by atoms with E-state index >= 15 is 0 Å². The van der Waals surface area contributed by atoms with Crippen molar-refractivity contribution in [1.29, 1.82) is 0 Å². The highest BCUT2D eigenvalue weighted by atomic mass is 16.4. The van der Waals surface area contributed by atoms with Gasteiger partial charge in [-0.3, -0.25) is 9.59 Å². The maximum atomic E-state index is 11.7. The number of rotatable bonds is 5. The van der Waals surface area contributed by atoms with Gasteiger partial charge in [-0.15, -0.1) is 0 Å². The maximum absolute atomic E-state index is 11.7. The van der Waals surface area contributed by atoms with E-state index in [1.165, 1.54) is 0 Å². The molecule has 100 valence electrons. The largest absolute Gasteiger partial charge is 0.481 e. The third kappa shape index (κ3) is 4.34. The average molecular weight is 244 g/mol. The fourth-order valence-corrected chi connectivity index (χ4v) is 1.14. The van der Waals surface area contributed by atoms with Gasteiger partial charge in [-0.25, -0.2) is 0 Å². The van der Waals surface area contributed by atoms with Crippen molar-refractivity contribution in [2.45, 2.75) is 47.1 Å². The molecule has 0 spiro atoms. The molecule has 4 N–H and O–H groups in total. The van der Waals surface area contributed by atoms with Crippen LogP contribution in [0.15, 0.2) is 0 Å². The summed E-state index contributed by atoms with van der Waals surface area (Å²) in [5.41, 5.74) is 4.51. The molecule has 0 fully saturated rings. The number of carboxylic acids is 1. The van der Waals surface area contributed by atoms with E-state index in [0.29, 0.717) is 6.42 Å². The molecule has 0 saturated carbocycles. The number of aliphatic carboxylic acids is 1. The lowest BCUT2D eigenvalue weighted by molar-refractivity contribution is -0.148. The Morgan fingerprint density at radius 1 is 1.29 bits per heavy atom. The first kappa shape index (κ1) is 15.9. The number of carboxylic acid groups (broad SMARTS) is 1. The molecule has 0 aromatic heterocycles. The van der Waals surface area contributed by atoms with Crippen LogP contribution < -0.4 is 11.1 Å². The molecule has 0 aliphatic rings. The van der Waals surface area contributed by atoms with Crippen molar-refractivity contribution in [1.82, 2.24) is 5.32 Å². The van der Waals surface area contributed by atoms with E-state index in [-0.39, 0.29) is 17.9 Å². The van der Waals surface area contributed by atoms with Crippen LogP contribution >= 0.6 is 0 Å². The molecule has 0 aromatic rings. The molecule has 5 heteroatoms. The van der Waals surface area contributed by atoms with Crippen molar-refractivity contribution in [2.24, 2.45) is 16.6 Å². The fraction of sp³-hybridized carbons (Fsp3) is 0.833. The van der Waals surface area contributed by atoms with Gasteiger partial charge in [-0.1, -0.05) is 27.7 Å². The van der Waals surface area contributed by atoms with Gasteiger partial charge in [0.1, 0.15) is 0 Å². The van der Waals surface area contributed by atoms with Gasteiger partial charge in [0.25, 0.3) is 0 Å². The lowest BCUT2D eigenvalue weighted by atomic mass is 9.85. The topological polar surface area (TPSA) is 92.4 Å². The van der Waals surface area contributed by atoms with Crippen molar-refractivity contribution in [3.8, 4) is 0 Å². The molecule has 1 amide bonds. The number of carbonyl (C=O) groups is 2. The predicted molar refractivity (Wildman–Crippen MR) is 66.5 cm³/mol.